The summed E-state index contributed by atoms with van der Waals surface area (Å²) in [6.45, 7) is 4.05. The average molecular weight is 341 g/mol. The van der Waals surface area contributed by atoms with Crippen molar-refractivity contribution in [3.8, 4) is 0 Å². The summed E-state index contributed by atoms with van der Waals surface area (Å²) in [4.78, 5) is 12.1. The summed E-state index contributed by atoms with van der Waals surface area (Å²) in [5.41, 5.74) is 0.811. The summed E-state index contributed by atoms with van der Waals surface area (Å²) in [6.07, 6.45) is 0. The van der Waals surface area contributed by atoms with E-state index in [-0.39, 0.29) is 11.9 Å². The van der Waals surface area contributed by atoms with Gasteiger partial charge in [0.25, 0.3) is 0 Å². The lowest BCUT2D eigenvalue weighted by molar-refractivity contribution is -0.113. The summed E-state index contributed by atoms with van der Waals surface area (Å²) in [7, 11) is 0. The van der Waals surface area contributed by atoms with Gasteiger partial charge in [-0.25, -0.2) is 4.68 Å². The molecule has 6 nitrogen and oxygen atoms in total. The summed E-state index contributed by atoms with van der Waals surface area (Å²) < 4.78 is 1.77. The SMILES string of the molecule is CC(C)n1nnnc1CSCC(=O)Nc1ccc2ccccc2c1. The summed E-state index contributed by atoms with van der Waals surface area (Å²) in [5.74, 6) is 1.72. The maximum atomic E-state index is 12.1. The molecule has 0 aliphatic carbocycles. The smallest absolute Gasteiger partial charge is 0.234 e. The number of tetrazole rings is 1. The molecule has 1 amide bonds. The highest BCUT2D eigenvalue weighted by Crippen LogP contribution is 2.19. The molecule has 7 heteroatoms. The maximum absolute atomic E-state index is 12.1. The van der Waals surface area contributed by atoms with E-state index in [0.29, 0.717) is 11.5 Å². The number of amides is 1. The van der Waals surface area contributed by atoms with Gasteiger partial charge in [0, 0.05) is 5.69 Å². The van der Waals surface area contributed by atoms with Gasteiger partial charge in [-0.05, 0) is 47.2 Å². The zero-order valence-corrected chi connectivity index (χ0v) is 14.5. The van der Waals surface area contributed by atoms with Crippen molar-refractivity contribution >= 4 is 34.1 Å². The van der Waals surface area contributed by atoms with Crippen LogP contribution < -0.4 is 5.32 Å². The number of thioether (sulfide) groups is 1. The molecule has 0 aliphatic heterocycles. The van der Waals surface area contributed by atoms with Gasteiger partial charge in [-0.3, -0.25) is 4.79 Å². The zero-order chi connectivity index (χ0) is 16.9. The third kappa shape index (κ3) is 3.91. The number of hydrogen-bond donors (Lipinski definition) is 1. The maximum Gasteiger partial charge on any atom is 0.234 e. The van der Waals surface area contributed by atoms with E-state index in [9.17, 15) is 4.79 Å². The first-order chi connectivity index (χ1) is 11.6. The van der Waals surface area contributed by atoms with Gasteiger partial charge in [0.1, 0.15) is 0 Å². The van der Waals surface area contributed by atoms with Gasteiger partial charge >= 0.3 is 0 Å². The Morgan fingerprint density at radius 2 is 2.00 bits per heavy atom. The van der Waals surface area contributed by atoms with Gasteiger partial charge in [-0.15, -0.1) is 16.9 Å². The minimum absolute atomic E-state index is 0.0288. The number of hydrogen-bond acceptors (Lipinski definition) is 5. The van der Waals surface area contributed by atoms with Crippen LogP contribution in [0.3, 0.4) is 0 Å². The second kappa shape index (κ2) is 7.44. The molecule has 1 aromatic heterocycles. The van der Waals surface area contributed by atoms with E-state index in [1.807, 2.05) is 50.2 Å². The van der Waals surface area contributed by atoms with E-state index >= 15 is 0 Å². The number of carbonyl (C=O) groups is 1. The largest absolute Gasteiger partial charge is 0.325 e. The molecule has 3 rings (SSSR count). The lowest BCUT2D eigenvalue weighted by atomic mass is 10.1. The summed E-state index contributed by atoms with van der Waals surface area (Å²) >= 11 is 1.50. The number of anilines is 1. The molecule has 0 bridgehead atoms. The molecule has 0 saturated carbocycles. The van der Waals surface area contributed by atoms with E-state index in [0.717, 1.165) is 22.3 Å². The van der Waals surface area contributed by atoms with Crippen LogP contribution in [0.2, 0.25) is 0 Å². The molecule has 0 spiro atoms. The van der Waals surface area contributed by atoms with Crippen LogP contribution in [0.15, 0.2) is 42.5 Å². The Bertz CT molecular complexity index is 846. The second-order valence-electron chi connectivity index (χ2n) is 5.74. The Morgan fingerprint density at radius 3 is 2.79 bits per heavy atom. The highest BCUT2D eigenvalue weighted by molar-refractivity contribution is 7.99. The standard InChI is InChI=1S/C17H19N5OS/c1-12(2)22-16(19-20-21-22)10-24-11-17(23)18-15-8-7-13-5-3-4-6-14(13)9-15/h3-9,12H,10-11H2,1-2H3,(H,18,23). The molecule has 24 heavy (non-hydrogen) atoms. The molecular weight excluding hydrogens is 322 g/mol. The molecule has 1 N–H and O–H groups in total. The number of benzene rings is 2. The Hall–Kier alpha value is -2.41. The molecule has 2 aromatic carbocycles. The highest BCUT2D eigenvalue weighted by atomic mass is 32.2. The average Bonchev–Trinajstić information content (AvgIpc) is 3.03. The number of nitrogens with zero attached hydrogens (tertiary/aromatic N) is 4. The first-order valence-electron chi connectivity index (χ1n) is 7.76. The van der Waals surface area contributed by atoms with Crippen LogP contribution in [-0.2, 0) is 10.5 Å². The van der Waals surface area contributed by atoms with Crippen molar-refractivity contribution in [1.82, 2.24) is 20.2 Å². The topological polar surface area (TPSA) is 72.7 Å². The van der Waals surface area contributed by atoms with Crippen molar-refractivity contribution in [3.05, 3.63) is 48.3 Å². The molecular formula is C17H19N5OS. The number of rotatable bonds is 6. The third-order valence-electron chi connectivity index (χ3n) is 3.55. The molecule has 0 unspecified atom stereocenters. The van der Waals surface area contributed by atoms with Gasteiger partial charge < -0.3 is 5.32 Å². The Labute approximate surface area is 144 Å². The van der Waals surface area contributed by atoms with E-state index in [2.05, 4.69) is 26.9 Å². The number of nitrogens with one attached hydrogen (secondary N) is 1. The first-order valence-corrected chi connectivity index (χ1v) is 8.92. The van der Waals surface area contributed by atoms with Crippen LogP contribution in [0.5, 0.6) is 0 Å². The predicted octanol–water partition coefficient (Wildman–Crippen LogP) is 3.28. The van der Waals surface area contributed by atoms with Crippen molar-refractivity contribution < 1.29 is 4.79 Å². The Morgan fingerprint density at radius 1 is 1.21 bits per heavy atom. The minimum atomic E-state index is -0.0288. The van der Waals surface area contributed by atoms with Crippen LogP contribution in [0.25, 0.3) is 10.8 Å². The van der Waals surface area contributed by atoms with Crippen LogP contribution in [0.4, 0.5) is 5.69 Å². The Balaban J connectivity index is 1.54. The van der Waals surface area contributed by atoms with E-state index < -0.39 is 0 Å². The van der Waals surface area contributed by atoms with Crippen molar-refractivity contribution in [2.24, 2.45) is 0 Å². The molecule has 1 heterocycles. The van der Waals surface area contributed by atoms with Crippen molar-refractivity contribution in [2.75, 3.05) is 11.1 Å². The quantitative estimate of drug-likeness (QED) is 0.745. The van der Waals surface area contributed by atoms with Gasteiger partial charge in [-0.1, -0.05) is 30.3 Å². The van der Waals surface area contributed by atoms with Gasteiger partial charge in [0.05, 0.1) is 17.5 Å². The van der Waals surface area contributed by atoms with E-state index in [1.165, 1.54) is 11.8 Å². The second-order valence-corrected chi connectivity index (χ2v) is 6.72. The summed E-state index contributed by atoms with van der Waals surface area (Å²) in [6, 6.07) is 14.2. The van der Waals surface area contributed by atoms with E-state index in [4.69, 9.17) is 0 Å². The van der Waals surface area contributed by atoms with Crippen LogP contribution in [0.1, 0.15) is 25.7 Å². The molecule has 0 radical (unpaired) electrons. The molecule has 0 aliphatic rings. The third-order valence-corrected chi connectivity index (χ3v) is 4.48. The fraction of sp³-hybridized carbons (Fsp3) is 0.294. The lowest BCUT2D eigenvalue weighted by Crippen LogP contribution is -2.14. The van der Waals surface area contributed by atoms with Gasteiger partial charge in [0.15, 0.2) is 5.82 Å². The van der Waals surface area contributed by atoms with Crippen LogP contribution in [-0.4, -0.2) is 31.9 Å². The van der Waals surface area contributed by atoms with Gasteiger partial charge in [0.2, 0.25) is 5.91 Å². The summed E-state index contributed by atoms with van der Waals surface area (Å²) in [5, 5.41) is 16.8. The lowest BCUT2D eigenvalue weighted by Gasteiger charge is -2.08. The normalized spacial score (nSPS) is 11.1. The monoisotopic (exact) mass is 341 g/mol. The van der Waals surface area contributed by atoms with Crippen molar-refractivity contribution in [2.45, 2.75) is 25.6 Å². The molecule has 124 valence electrons. The Kier molecular flexibility index (Phi) is 5.10. The number of carbonyl (C=O) groups excluding carboxylic acids is 1. The molecule has 3 aromatic rings. The molecule has 0 atom stereocenters. The van der Waals surface area contributed by atoms with Crippen LogP contribution >= 0.6 is 11.8 Å². The number of fused-ring (bicyclic) bond motifs is 1. The predicted molar refractivity (Wildman–Crippen MR) is 96.9 cm³/mol. The first kappa shape index (κ1) is 16.4. The van der Waals surface area contributed by atoms with Crippen molar-refractivity contribution in [3.63, 3.8) is 0 Å². The van der Waals surface area contributed by atoms with E-state index in [1.54, 1.807) is 4.68 Å². The highest BCUT2D eigenvalue weighted by Gasteiger charge is 2.10. The fourth-order valence-electron chi connectivity index (χ4n) is 2.41. The number of aromatic nitrogens is 4. The minimum Gasteiger partial charge on any atom is -0.325 e. The fourth-order valence-corrected chi connectivity index (χ4v) is 3.14. The molecule has 0 fully saturated rings. The molecule has 0 saturated heterocycles. The zero-order valence-electron chi connectivity index (χ0n) is 13.6. The van der Waals surface area contributed by atoms with Gasteiger partial charge in [-0.2, -0.15) is 0 Å². The van der Waals surface area contributed by atoms with Crippen molar-refractivity contribution in [1.29, 1.82) is 0 Å². The van der Waals surface area contributed by atoms with Crippen LogP contribution in [0, 0.1) is 0 Å².